The van der Waals surface area contributed by atoms with Crippen molar-refractivity contribution in [3.05, 3.63) is 24.3 Å². The minimum absolute atomic E-state index is 0.00340. The fraction of sp³-hybridized carbons (Fsp3) is 0.550. The zero-order chi connectivity index (χ0) is 20.1. The molecular weight excluding hydrogens is 348 g/mol. The largest absolute Gasteiger partial charge is 0.479 e. The van der Waals surface area contributed by atoms with Gasteiger partial charge in [0.2, 0.25) is 0 Å². The Bertz CT molecular complexity index is 693. The summed E-state index contributed by atoms with van der Waals surface area (Å²) < 4.78 is 10.7. The summed E-state index contributed by atoms with van der Waals surface area (Å²) in [7, 11) is 0. The number of nitrogens with zero attached hydrogens (tertiary/aromatic N) is 2. The molecule has 1 aromatic rings. The van der Waals surface area contributed by atoms with Crippen LogP contribution >= 0.6 is 0 Å². The van der Waals surface area contributed by atoms with Gasteiger partial charge >= 0.3 is 5.97 Å². The van der Waals surface area contributed by atoms with E-state index in [1.54, 1.807) is 24.0 Å². The van der Waals surface area contributed by atoms with Crippen molar-refractivity contribution in [1.82, 2.24) is 4.90 Å². The van der Waals surface area contributed by atoms with E-state index < -0.39 is 12.1 Å². The first-order chi connectivity index (χ1) is 12.7. The number of ether oxygens (including phenoxy) is 2. The standard InChI is InChI=1S/C20H28N2O5/c1-13(2)22(14(3)4)18(23)12-26-19(24)10-11-21-16-8-6-7-9-17(16)27-15(5)20(21)25/h6-9,13-15H,10-12H2,1-5H3. The summed E-state index contributed by atoms with van der Waals surface area (Å²) in [5, 5.41) is 0. The minimum Gasteiger partial charge on any atom is -0.479 e. The van der Waals surface area contributed by atoms with Gasteiger partial charge in [0.15, 0.2) is 12.7 Å². The van der Waals surface area contributed by atoms with Gasteiger partial charge in [-0.05, 0) is 46.8 Å². The highest BCUT2D eigenvalue weighted by molar-refractivity contribution is 6.00. The molecular formula is C20H28N2O5. The first-order valence-corrected chi connectivity index (χ1v) is 9.26. The lowest BCUT2D eigenvalue weighted by Crippen LogP contribution is -2.45. The summed E-state index contributed by atoms with van der Waals surface area (Å²) in [6.07, 6.45) is -0.605. The molecule has 0 aromatic heterocycles. The summed E-state index contributed by atoms with van der Waals surface area (Å²) in [4.78, 5) is 40.0. The van der Waals surface area contributed by atoms with Gasteiger partial charge in [0.05, 0.1) is 12.1 Å². The van der Waals surface area contributed by atoms with Crippen LogP contribution in [0.3, 0.4) is 0 Å². The molecule has 7 nitrogen and oxygen atoms in total. The lowest BCUT2D eigenvalue weighted by Gasteiger charge is -2.32. The number of benzene rings is 1. The number of esters is 1. The first kappa shape index (κ1) is 20.7. The number of carbonyl (C=O) groups is 3. The van der Waals surface area contributed by atoms with E-state index in [4.69, 9.17) is 9.47 Å². The van der Waals surface area contributed by atoms with Gasteiger partial charge in [0, 0.05) is 18.6 Å². The number of hydrogen-bond donors (Lipinski definition) is 0. The van der Waals surface area contributed by atoms with Gasteiger partial charge in [-0.25, -0.2) is 0 Å². The Balaban J connectivity index is 1.92. The number of anilines is 1. The van der Waals surface area contributed by atoms with Crippen LogP contribution in [-0.2, 0) is 19.1 Å². The summed E-state index contributed by atoms with van der Waals surface area (Å²) in [5.41, 5.74) is 0.635. The quantitative estimate of drug-likeness (QED) is 0.683. The molecule has 0 radical (unpaired) electrons. The van der Waals surface area contributed by atoms with E-state index >= 15 is 0 Å². The van der Waals surface area contributed by atoms with E-state index in [2.05, 4.69) is 0 Å². The Kier molecular flexibility index (Phi) is 6.82. The predicted octanol–water partition coefficient (Wildman–Crippen LogP) is 2.38. The normalized spacial score (nSPS) is 16.2. The molecule has 1 aliphatic heterocycles. The van der Waals surface area contributed by atoms with E-state index in [1.165, 1.54) is 4.90 Å². The fourth-order valence-corrected chi connectivity index (χ4v) is 3.25. The molecule has 0 aliphatic carbocycles. The van der Waals surface area contributed by atoms with Crippen molar-refractivity contribution in [2.75, 3.05) is 18.1 Å². The molecule has 27 heavy (non-hydrogen) atoms. The molecule has 1 heterocycles. The van der Waals surface area contributed by atoms with Gasteiger partial charge in [-0.15, -0.1) is 0 Å². The molecule has 2 rings (SSSR count). The fourth-order valence-electron chi connectivity index (χ4n) is 3.25. The zero-order valence-electron chi connectivity index (χ0n) is 16.6. The lowest BCUT2D eigenvalue weighted by atomic mass is 10.2. The number of carbonyl (C=O) groups excluding carboxylic acids is 3. The number of amides is 2. The molecule has 0 saturated carbocycles. The van der Waals surface area contributed by atoms with Crippen LogP contribution in [0, 0.1) is 0 Å². The minimum atomic E-state index is -0.608. The Labute approximate surface area is 160 Å². The maximum atomic E-state index is 12.4. The molecule has 1 aromatic carbocycles. The van der Waals surface area contributed by atoms with E-state index in [1.807, 2.05) is 39.8 Å². The average Bonchev–Trinajstić information content (AvgIpc) is 2.59. The van der Waals surface area contributed by atoms with Crippen molar-refractivity contribution in [3.8, 4) is 5.75 Å². The monoisotopic (exact) mass is 376 g/mol. The van der Waals surface area contributed by atoms with Gasteiger partial charge in [0.1, 0.15) is 5.75 Å². The van der Waals surface area contributed by atoms with Gasteiger partial charge < -0.3 is 19.3 Å². The molecule has 1 unspecified atom stereocenters. The molecule has 7 heteroatoms. The molecule has 1 atom stereocenters. The Morgan fingerprint density at radius 2 is 1.81 bits per heavy atom. The number of fused-ring (bicyclic) bond motifs is 1. The van der Waals surface area contributed by atoms with Crippen molar-refractivity contribution in [3.63, 3.8) is 0 Å². The van der Waals surface area contributed by atoms with Crippen LogP contribution in [0.4, 0.5) is 5.69 Å². The Hall–Kier alpha value is -2.57. The Morgan fingerprint density at radius 3 is 2.44 bits per heavy atom. The van der Waals surface area contributed by atoms with Crippen LogP contribution in [0.1, 0.15) is 41.0 Å². The van der Waals surface area contributed by atoms with Crippen LogP contribution < -0.4 is 9.64 Å². The second-order valence-electron chi connectivity index (χ2n) is 7.12. The van der Waals surface area contributed by atoms with Gasteiger partial charge in [-0.3, -0.25) is 14.4 Å². The molecule has 1 aliphatic rings. The lowest BCUT2D eigenvalue weighted by molar-refractivity contribution is -0.153. The third-order valence-corrected chi connectivity index (χ3v) is 4.37. The molecule has 148 valence electrons. The third-order valence-electron chi connectivity index (χ3n) is 4.37. The number of rotatable bonds is 7. The van der Waals surface area contributed by atoms with Crippen LogP contribution in [0.15, 0.2) is 24.3 Å². The molecule has 0 spiro atoms. The van der Waals surface area contributed by atoms with E-state index in [0.717, 1.165) is 0 Å². The molecule has 0 saturated heterocycles. The van der Waals surface area contributed by atoms with Gasteiger partial charge in [-0.2, -0.15) is 0 Å². The van der Waals surface area contributed by atoms with E-state index in [9.17, 15) is 14.4 Å². The zero-order valence-corrected chi connectivity index (χ0v) is 16.6. The highest BCUT2D eigenvalue weighted by Gasteiger charge is 2.31. The highest BCUT2D eigenvalue weighted by Crippen LogP contribution is 2.33. The van der Waals surface area contributed by atoms with E-state index in [0.29, 0.717) is 11.4 Å². The van der Waals surface area contributed by atoms with Crippen molar-refractivity contribution in [1.29, 1.82) is 0 Å². The highest BCUT2D eigenvalue weighted by atomic mass is 16.5. The summed E-state index contributed by atoms with van der Waals surface area (Å²) >= 11 is 0. The topological polar surface area (TPSA) is 76.2 Å². The smallest absolute Gasteiger partial charge is 0.308 e. The van der Waals surface area contributed by atoms with Crippen molar-refractivity contribution in [2.24, 2.45) is 0 Å². The summed E-state index contributed by atoms with van der Waals surface area (Å²) in [5.74, 6) is -0.337. The number of hydrogen-bond acceptors (Lipinski definition) is 5. The number of para-hydroxylation sites is 2. The third kappa shape index (κ3) is 4.99. The van der Waals surface area contributed by atoms with Gasteiger partial charge in [0.25, 0.3) is 11.8 Å². The van der Waals surface area contributed by atoms with Crippen LogP contribution in [0.25, 0.3) is 0 Å². The maximum Gasteiger partial charge on any atom is 0.308 e. The molecule has 0 fully saturated rings. The predicted molar refractivity (Wildman–Crippen MR) is 102 cm³/mol. The van der Waals surface area contributed by atoms with Crippen LogP contribution in [0.2, 0.25) is 0 Å². The molecule has 2 amide bonds. The average molecular weight is 376 g/mol. The maximum absolute atomic E-state index is 12.4. The van der Waals surface area contributed by atoms with Gasteiger partial charge in [-0.1, -0.05) is 12.1 Å². The second kappa shape index (κ2) is 8.88. The van der Waals surface area contributed by atoms with Crippen molar-refractivity contribution < 1.29 is 23.9 Å². The summed E-state index contributed by atoms with van der Waals surface area (Å²) in [6, 6.07) is 7.25. The molecule has 0 bridgehead atoms. The van der Waals surface area contributed by atoms with Crippen LogP contribution in [-0.4, -0.2) is 54.0 Å². The first-order valence-electron chi connectivity index (χ1n) is 9.26. The molecule has 0 N–H and O–H groups in total. The SMILES string of the molecule is CC1Oc2ccccc2N(CCC(=O)OCC(=O)N(C(C)C)C(C)C)C1=O. The summed E-state index contributed by atoms with van der Waals surface area (Å²) in [6.45, 7) is 9.23. The second-order valence-corrected chi connectivity index (χ2v) is 7.12. The van der Waals surface area contributed by atoms with Crippen molar-refractivity contribution >= 4 is 23.5 Å². The van der Waals surface area contributed by atoms with E-state index in [-0.39, 0.29) is 43.5 Å². The van der Waals surface area contributed by atoms with Crippen molar-refractivity contribution in [2.45, 2.75) is 59.2 Å². The Morgan fingerprint density at radius 1 is 1.19 bits per heavy atom. The van der Waals surface area contributed by atoms with Crippen LogP contribution in [0.5, 0.6) is 5.75 Å².